The second-order valence-electron chi connectivity index (χ2n) is 5.12. The number of fused-ring (bicyclic) bond motifs is 1. The molecule has 0 saturated heterocycles. The summed E-state index contributed by atoms with van der Waals surface area (Å²) in [6.07, 6.45) is 1.69. The lowest BCUT2D eigenvalue weighted by atomic mass is 10.0. The molecule has 2 aromatic carbocycles. The van der Waals surface area contributed by atoms with Crippen LogP contribution >= 0.6 is 0 Å². The van der Waals surface area contributed by atoms with E-state index in [0.717, 1.165) is 22.0 Å². The lowest BCUT2D eigenvalue weighted by Crippen LogP contribution is -2.14. The molecule has 3 rings (SSSR count). The third-order valence-electron chi connectivity index (χ3n) is 3.70. The monoisotopic (exact) mass is 276 g/mol. The number of amides is 1. The van der Waals surface area contributed by atoms with Crippen LogP contribution in [-0.2, 0) is 0 Å². The number of benzene rings is 2. The second kappa shape index (κ2) is 5.37. The minimum atomic E-state index is -0.103. The molecule has 0 bridgehead atoms. The summed E-state index contributed by atoms with van der Waals surface area (Å²) in [6, 6.07) is 15.5. The van der Waals surface area contributed by atoms with Gasteiger partial charge in [0.1, 0.15) is 0 Å². The SMILES string of the molecule is Cc1cccc(C(=O)Nc2cnc3ccccc3c2)c1C. The van der Waals surface area contributed by atoms with Crippen LogP contribution in [0.2, 0.25) is 0 Å². The lowest BCUT2D eigenvalue weighted by molar-refractivity contribution is 0.102. The Kier molecular flexibility index (Phi) is 3.40. The van der Waals surface area contributed by atoms with E-state index in [1.807, 2.05) is 62.4 Å². The van der Waals surface area contributed by atoms with Crippen molar-refractivity contribution in [3.05, 3.63) is 71.4 Å². The number of hydrogen-bond donors (Lipinski definition) is 1. The van der Waals surface area contributed by atoms with E-state index in [9.17, 15) is 4.79 Å². The summed E-state index contributed by atoms with van der Waals surface area (Å²) in [6.45, 7) is 3.96. The van der Waals surface area contributed by atoms with Crippen molar-refractivity contribution >= 4 is 22.5 Å². The standard InChI is InChI=1S/C18H16N2O/c1-12-6-5-8-16(13(12)2)18(21)20-15-10-14-7-3-4-9-17(14)19-11-15/h3-11H,1-2H3,(H,20,21). The van der Waals surface area contributed by atoms with E-state index in [1.54, 1.807) is 6.20 Å². The number of anilines is 1. The summed E-state index contributed by atoms with van der Waals surface area (Å²) in [7, 11) is 0. The number of aromatic nitrogens is 1. The molecular formula is C18H16N2O. The van der Waals surface area contributed by atoms with Gasteiger partial charge >= 0.3 is 0 Å². The molecule has 0 radical (unpaired) electrons. The topological polar surface area (TPSA) is 42.0 Å². The number of aryl methyl sites for hydroxylation is 1. The Morgan fingerprint density at radius 2 is 1.86 bits per heavy atom. The van der Waals surface area contributed by atoms with Crippen LogP contribution in [0.4, 0.5) is 5.69 Å². The molecule has 1 heterocycles. The molecule has 0 fully saturated rings. The van der Waals surface area contributed by atoms with Crippen LogP contribution in [0.5, 0.6) is 0 Å². The highest BCUT2D eigenvalue weighted by molar-refractivity contribution is 6.06. The molecule has 0 saturated carbocycles. The van der Waals surface area contributed by atoms with Crippen molar-refractivity contribution in [2.75, 3.05) is 5.32 Å². The Bertz CT molecular complexity index is 824. The second-order valence-corrected chi connectivity index (χ2v) is 5.12. The third kappa shape index (κ3) is 2.63. The summed E-state index contributed by atoms with van der Waals surface area (Å²) in [5.74, 6) is -0.103. The van der Waals surface area contributed by atoms with Gasteiger partial charge in [-0.3, -0.25) is 9.78 Å². The molecule has 3 aromatic rings. The number of carbonyl (C=O) groups is 1. The van der Waals surface area contributed by atoms with E-state index >= 15 is 0 Å². The maximum Gasteiger partial charge on any atom is 0.255 e. The van der Waals surface area contributed by atoms with Gasteiger partial charge in [-0.25, -0.2) is 0 Å². The van der Waals surface area contributed by atoms with E-state index < -0.39 is 0 Å². The predicted molar refractivity (Wildman–Crippen MR) is 85.6 cm³/mol. The molecule has 0 aliphatic heterocycles. The third-order valence-corrected chi connectivity index (χ3v) is 3.70. The smallest absolute Gasteiger partial charge is 0.255 e. The van der Waals surface area contributed by atoms with Gasteiger partial charge in [0.05, 0.1) is 17.4 Å². The summed E-state index contributed by atoms with van der Waals surface area (Å²) in [4.78, 5) is 16.7. The molecule has 0 aliphatic carbocycles. The van der Waals surface area contributed by atoms with Gasteiger partial charge in [-0.1, -0.05) is 30.3 Å². The molecule has 0 aliphatic rings. The summed E-state index contributed by atoms with van der Waals surface area (Å²) >= 11 is 0. The molecule has 1 amide bonds. The predicted octanol–water partition coefficient (Wildman–Crippen LogP) is 4.10. The molecule has 1 aromatic heterocycles. The van der Waals surface area contributed by atoms with Crippen molar-refractivity contribution in [2.24, 2.45) is 0 Å². The Morgan fingerprint density at radius 1 is 1.05 bits per heavy atom. The highest BCUT2D eigenvalue weighted by Gasteiger charge is 2.10. The van der Waals surface area contributed by atoms with Gasteiger partial charge in [0, 0.05) is 10.9 Å². The minimum Gasteiger partial charge on any atom is -0.321 e. The Morgan fingerprint density at radius 3 is 2.71 bits per heavy atom. The largest absolute Gasteiger partial charge is 0.321 e. The maximum absolute atomic E-state index is 12.4. The van der Waals surface area contributed by atoms with Crippen LogP contribution in [0, 0.1) is 13.8 Å². The van der Waals surface area contributed by atoms with Crippen molar-refractivity contribution in [1.82, 2.24) is 4.98 Å². The zero-order chi connectivity index (χ0) is 14.8. The average Bonchev–Trinajstić information content (AvgIpc) is 2.50. The number of rotatable bonds is 2. The molecule has 3 nitrogen and oxygen atoms in total. The van der Waals surface area contributed by atoms with Crippen molar-refractivity contribution in [3.8, 4) is 0 Å². The molecule has 0 unspecified atom stereocenters. The van der Waals surface area contributed by atoms with E-state index in [4.69, 9.17) is 0 Å². The highest BCUT2D eigenvalue weighted by Crippen LogP contribution is 2.18. The fourth-order valence-electron chi connectivity index (χ4n) is 2.33. The quantitative estimate of drug-likeness (QED) is 0.765. The van der Waals surface area contributed by atoms with E-state index in [2.05, 4.69) is 10.3 Å². The average molecular weight is 276 g/mol. The Hall–Kier alpha value is -2.68. The molecule has 1 N–H and O–H groups in total. The van der Waals surface area contributed by atoms with E-state index in [-0.39, 0.29) is 5.91 Å². The summed E-state index contributed by atoms with van der Waals surface area (Å²) < 4.78 is 0. The molecule has 0 spiro atoms. The molecule has 0 atom stereocenters. The van der Waals surface area contributed by atoms with Crippen LogP contribution < -0.4 is 5.32 Å². The molecule has 104 valence electrons. The minimum absolute atomic E-state index is 0.103. The zero-order valence-electron chi connectivity index (χ0n) is 12.1. The van der Waals surface area contributed by atoms with Crippen LogP contribution in [-0.4, -0.2) is 10.9 Å². The first-order chi connectivity index (χ1) is 10.1. The number of pyridine rings is 1. The number of para-hydroxylation sites is 1. The fourth-order valence-corrected chi connectivity index (χ4v) is 2.33. The van der Waals surface area contributed by atoms with Gasteiger partial charge in [-0.15, -0.1) is 0 Å². The summed E-state index contributed by atoms with van der Waals surface area (Å²) in [5, 5.41) is 3.93. The van der Waals surface area contributed by atoms with Crippen molar-refractivity contribution in [2.45, 2.75) is 13.8 Å². The molecule has 3 heteroatoms. The number of carbonyl (C=O) groups excluding carboxylic acids is 1. The van der Waals surface area contributed by atoms with Crippen LogP contribution in [0.15, 0.2) is 54.7 Å². The maximum atomic E-state index is 12.4. The van der Waals surface area contributed by atoms with E-state index in [1.165, 1.54) is 0 Å². The molecular weight excluding hydrogens is 260 g/mol. The van der Waals surface area contributed by atoms with E-state index in [0.29, 0.717) is 11.3 Å². The van der Waals surface area contributed by atoms with Crippen molar-refractivity contribution < 1.29 is 4.79 Å². The van der Waals surface area contributed by atoms with Gasteiger partial charge in [-0.2, -0.15) is 0 Å². The van der Waals surface area contributed by atoms with Gasteiger partial charge < -0.3 is 5.32 Å². The zero-order valence-corrected chi connectivity index (χ0v) is 12.1. The first-order valence-electron chi connectivity index (χ1n) is 6.87. The summed E-state index contributed by atoms with van der Waals surface area (Å²) in [5.41, 5.74) is 4.44. The number of nitrogens with one attached hydrogen (secondary N) is 1. The highest BCUT2D eigenvalue weighted by atomic mass is 16.1. The van der Waals surface area contributed by atoms with Gasteiger partial charge in [-0.05, 0) is 43.2 Å². The number of hydrogen-bond acceptors (Lipinski definition) is 2. The first-order valence-corrected chi connectivity index (χ1v) is 6.87. The van der Waals surface area contributed by atoms with Crippen LogP contribution in [0.3, 0.4) is 0 Å². The van der Waals surface area contributed by atoms with Crippen molar-refractivity contribution in [1.29, 1.82) is 0 Å². The van der Waals surface area contributed by atoms with Gasteiger partial charge in [0.15, 0.2) is 0 Å². The molecule has 21 heavy (non-hydrogen) atoms. The number of nitrogens with zero attached hydrogens (tertiary/aromatic N) is 1. The lowest BCUT2D eigenvalue weighted by Gasteiger charge is -2.09. The van der Waals surface area contributed by atoms with Gasteiger partial charge in [0.2, 0.25) is 0 Å². The van der Waals surface area contributed by atoms with Gasteiger partial charge in [0.25, 0.3) is 5.91 Å². The van der Waals surface area contributed by atoms with Crippen LogP contribution in [0.25, 0.3) is 10.9 Å². The van der Waals surface area contributed by atoms with Crippen molar-refractivity contribution in [3.63, 3.8) is 0 Å². The normalized spacial score (nSPS) is 10.6. The fraction of sp³-hybridized carbons (Fsp3) is 0.111. The Balaban J connectivity index is 1.91. The first kappa shape index (κ1) is 13.3. The Labute approximate surface area is 123 Å². The van der Waals surface area contributed by atoms with Crippen LogP contribution in [0.1, 0.15) is 21.5 Å².